The molecule has 0 radical (unpaired) electrons. The lowest BCUT2D eigenvalue weighted by Crippen LogP contribution is -2.25. The highest BCUT2D eigenvalue weighted by molar-refractivity contribution is 5.33. The lowest BCUT2D eigenvalue weighted by molar-refractivity contribution is 0.236. The molecule has 0 spiro atoms. The van der Waals surface area contributed by atoms with Gasteiger partial charge in [0, 0.05) is 6.54 Å². The van der Waals surface area contributed by atoms with E-state index in [9.17, 15) is 0 Å². The first-order chi connectivity index (χ1) is 9.75. The summed E-state index contributed by atoms with van der Waals surface area (Å²) in [6.45, 7) is 5.49. The van der Waals surface area contributed by atoms with E-state index < -0.39 is 0 Å². The Morgan fingerprint density at radius 1 is 1.15 bits per heavy atom. The zero-order valence-electron chi connectivity index (χ0n) is 13.0. The highest BCUT2D eigenvalue weighted by atomic mass is 16.5. The van der Waals surface area contributed by atoms with Crippen molar-refractivity contribution in [2.45, 2.75) is 25.7 Å². The molecule has 1 aliphatic heterocycles. The zero-order chi connectivity index (χ0) is 14.2. The van der Waals surface area contributed by atoms with E-state index in [-0.39, 0.29) is 0 Å². The minimum atomic E-state index is 0.810. The third-order valence-electron chi connectivity index (χ3n) is 3.89. The Bertz CT molecular complexity index is 386. The largest absolute Gasteiger partial charge is 0.492 e. The Balaban J connectivity index is 1.77. The lowest BCUT2D eigenvalue weighted by atomic mass is 10.1. The van der Waals surface area contributed by atoms with Gasteiger partial charge in [-0.1, -0.05) is 18.2 Å². The molecule has 2 rings (SSSR count). The smallest absolute Gasteiger partial charge is 0.122 e. The summed E-state index contributed by atoms with van der Waals surface area (Å²) in [4.78, 5) is 4.73. The van der Waals surface area contributed by atoms with Gasteiger partial charge in [0.15, 0.2) is 0 Å². The molecule has 0 amide bonds. The Labute approximate surface area is 123 Å². The number of para-hydroxylation sites is 1. The van der Waals surface area contributed by atoms with Crippen molar-refractivity contribution in [3.8, 4) is 5.75 Å². The van der Waals surface area contributed by atoms with Crippen LogP contribution in [-0.4, -0.2) is 56.7 Å². The first-order valence-electron chi connectivity index (χ1n) is 7.83. The number of aryl methyl sites for hydroxylation is 1. The highest BCUT2D eigenvalue weighted by Crippen LogP contribution is 2.19. The van der Waals surface area contributed by atoms with Gasteiger partial charge in [-0.2, -0.15) is 0 Å². The van der Waals surface area contributed by atoms with Crippen LogP contribution < -0.4 is 4.74 Å². The summed E-state index contributed by atoms with van der Waals surface area (Å²) in [5.41, 5.74) is 1.34. The lowest BCUT2D eigenvalue weighted by Gasteiger charge is -2.17. The third kappa shape index (κ3) is 5.14. The van der Waals surface area contributed by atoms with E-state index in [1.807, 2.05) is 0 Å². The molecule has 20 heavy (non-hydrogen) atoms. The van der Waals surface area contributed by atoms with Gasteiger partial charge in [0.2, 0.25) is 0 Å². The van der Waals surface area contributed by atoms with E-state index in [2.05, 4.69) is 48.2 Å². The standard InChI is InChI=1S/C17H28N2O/c1-18(2)11-7-9-16-8-3-4-10-17(16)20-15-14-19-12-5-6-13-19/h3-4,8,10H,5-7,9,11-15H2,1-2H3. The molecule has 0 N–H and O–H groups in total. The average molecular weight is 276 g/mol. The van der Waals surface area contributed by atoms with Crippen LogP contribution in [0.2, 0.25) is 0 Å². The molecule has 1 aromatic carbocycles. The monoisotopic (exact) mass is 276 g/mol. The molecule has 0 saturated carbocycles. The van der Waals surface area contributed by atoms with E-state index in [1.54, 1.807) is 0 Å². The van der Waals surface area contributed by atoms with E-state index in [0.717, 1.165) is 31.9 Å². The van der Waals surface area contributed by atoms with Crippen molar-refractivity contribution < 1.29 is 4.74 Å². The molecule has 0 aromatic heterocycles. The second-order valence-corrected chi connectivity index (χ2v) is 5.91. The Hall–Kier alpha value is -1.06. The zero-order valence-corrected chi connectivity index (χ0v) is 13.0. The first-order valence-corrected chi connectivity index (χ1v) is 7.83. The molecule has 0 unspecified atom stereocenters. The molecular formula is C17H28N2O. The van der Waals surface area contributed by atoms with E-state index in [0.29, 0.717) is 0 Å². The van der Waals surface area contributed by atoms with Gasteiger partial charge in [0.1, 0.15) is 12.4 Å². The maximum atomic E-state index is 6.00. The number of likely N-dealkylation sites (tertiary alicyclic amines) is 1. The van der Waals surface area contributed by atoms with Gasteiger partial charge in [0.05, 0.1) is 0 Å². The van der Waals surface area contributed by atoms with Crippen molar-refractivity contribution in [1.82, 2.24) is 9.80 Å². The van der Waals surface area contributed by atoms with Crippen LogP contribution in [0.4, 0.5) is 0 Å². The van der Waals surface area contributed by atoms with Crippen LogP contribution in [0.3, 0.4) is 0 Å². The van der Waals surface area contributed by atoms with Crippen LogP contribution in [0.1, 0.15) is 24.8 Å². The molecule has 1 heterocycles. The first kappa shape index (κ1) is 15.3. The summed E-state index contributed by atoms with van der Waals surface area (Å²) in [7, 11) is 4.25. The minimum absolute atomic E-state index is 0.810. The van der Waals surface area contributed by atoms with Crippen LogP contribution in [0.5, 0.6) is 5.75 Å². The highest BCUT2D eigenvalue weighted by Gasteiger charge is 2.11. The second kappa shape index (κ2) is 8.28. The maximum absolute atomic E-state index is 6.00. The van der Waals surface area contributed by atoms with Gasteiger partial charge in [-0.3, -0.25) is 4.90 Å². The summed E-state index contributed by atoms with van der Waals surface area (Å²) < 4.78 is 6.00. The Morgan fingerprint density at radius 3 is 2.65 bits per heavy atom. The van der Waals surface area contributed by atoms with Crippen molar-refractivity contribution in [3.05, 3.63) is 29.8 Å². The molecule has 3 heteroatoms. The fraction of sp³-hybridized carbons (Fsp3) is 0.647. The van der Waals surface area contributed by atoms with Crippen LogP contribution in [0.15, 0.2) is 24.3 Å². The van der Waals surface area contributed by atoms with Gasteiger partial charge in [-0.05, 0) is 71.0 Å². The van der Waals surface area contributed by atoms with E-state index in [1.165, 1.54) is 37.9 Å². The van der Waals surface area contributed by atoms with E-state index in [4.69, 9.17) is 4.74 Å². The molecule has 1 saturated heterocycles. The summed E-state index contributed by atoms with van der Waals surface area (Å²) in [6.07, 6.45) is 4.97. The van der Waals surface area contributed by atoms with Crippen molar-refractivity contribution in [1.29, 1.82) is 0 Å². The van der Waals surface area contributed by atoms with Gasteiger partial charge in [-0.15, -0.1) is 0 Å². The number of ether oxygens (including phenoxy) is 1. The van der Waals surface area contributed by atoms with Gasteiger partial charge >= 0.3 is 0 Å². The topological polar surface area (TPSA) is 15.7 Å². The normalized spacial score (nSPS) is 15.9. The van der Waals surface area contributed by atoms with Gasteiger partial charge in [0.25, 0.3) is 0 Å². The fourth-order valence-corrected chi connectivity index (χ4v) is 2.73. The summed E-state index contributed by atoms with van der Waals surface area (Å²) >= 11 is 0. The van der Waals surface area contributed by atoms with Crippen molar-refractivity contribution in [2.75, 3.05) is 46.9 Å². The average Bonchev–Trinajstić information content (AvgIpc) is 2.93. The van der Waals surface area contributed by atoms with Crippen LogP contribution >= 0.6 is 0 Å². The SMILES string of the molecule is CN(C)CCCc1ccccc1OCCN1CCCC1. The molecule has 0 atom stereocenters. The minimum Gasteiger partial charge on any atom is -0.492 e. The van der Waals surface area contributed by atoms with Crippen LogP contribution in [0, 0.1) is 0 Å². The number of hydrogen-bond acceptors (Lipinski definition) is 3. The Morgan fingerprint density at radius 2 is 1.90 bits per heavy atom. The van der Waals surface area contributed by atoms with Crippen molar-refractivity contribution in [3.63, 3.8) is 0 Å². The molecular weight excluding hydrogens is 248 g/mol. The van der Waals surface area contributed by atoms with Crippen molar-refractivity contribution in [2.24, 2.45) is 0 Å². The maximum Gasteiger partial charge on any atom is 0.122 e. The molecule has 1 aromatic rings. The summed E-state index contributed by atoms with van der Waals surface area (Å²) in [5.74, 6) is 1.07. The quantitative estimate of drug-likeness (QED) is 0.726. The molecule has 0 bridgehead atoms. The summed E-state index contributed by atoms with van der Waals surface area (Å²) in [5, 5.41) is 0. The predicted molar refractivity (Wildman–Crippen MR) is 84.5 cm³/mol. The molecule has 1 aliphatic rings. The molecule has 1 fully saturated rings. The fourth-order valence-electron chi connectivity index (χ4n) is 2.73. The van der Waals surface area contributed by atoms with Crippen molar-refractivity contribution >= 4 is 0 Å². The number of hydrogen-bond donors (Lipinski definition) is 0. The summed E-state index contributed by atoms with van der Waals surface area (Å²) in [6, 6.07) is 8.48. The Kier molecular flexibility index (Phi) is 6.34. The number of nitrogens with zero attached hydrogens (tertiary/aromatic N) is 2. The van der Waals surface area contributed by atoms with Gasteiger partial charge < -0.3 is 9.64 Å². The number of benzene rings is 1. The molecule has 0 aliphatic carbocycles. The van der Waals surface area contributed by atoms with Crippen LogP contribution in [0.25, 0.3) is 0 Å². The predicted octanol–water partition coefficient (Wildman–Crippen LogP) is 2.66. The van der Waals surface area contributed by atoms with E-state index >= 15 is 0 Å². The van der Waals surface area contributed by atoms with Gasteiger partial charge in [-0.25, -0.2) is 0 Å². The number of rotatable bonds is 8. The molecule has 3 nitrogen and oxygen atoms in total. The second-order valence-electron chi connectivity index (χ2n) is 5.91. The van der Waals surface area contributed by atoms with Crippen LogP contribution in [-0.2, 0) is 6.42 Å². The third-order valence-corrected chi connectivity index (χ3v) is 3.89. The molecule has 112 valence electrons.